The molecule has 2 heterocycles. The first-order chi connectivity index (χ1) is 12.2. The van der Waals surface area contributed by atoms with Crippen molar-refractivity contribution in [2.45, 2.75) is 12.6 Å². The minimum absolute atomic E-state index is 0.0437. The van der Waals surface area contributed by atoms with Crippen LogP contribution in [0.25, 0.3) is 0 Å². The van der Waals surface area contributed by atoms with E-state index >= 15 is 0 Å². The Morgan fingerprint density at radius 3 is 2.72 bits per heavy atom. The largest absolute Gasteiger partial charge is 0.481 e. The molecule has 0 unspecified atom stereocenters. The molecule has 3 rings (SSSR count). The molecule has 1 fully saturated rings. The summed E-state index contributed by atoms with van der Waals surface area (Å²) < 4.78 is 5.05. The Kier molecular flexibility index (Phi) is 5.50. The molecule has 6 heteroatoms. The summed E-state index contributed by atoms with van der Waals surface area (Å²) in [7, 11) is 3.68. The highest BCUT2D eigenvalue weighted by Gasteiger charge is 2.29. The van der Waals surface area contributed by atoms with Gasteiger partial charge in [-0.2, -0.15) is 0 Å². The first kappa shape index (κ1) is 17.2. The maximum Gasteiger partial charge on any atom is 0.318 e. The third-order valence-electron chi connectivity index (χ3n) is 4.48. The zero-order chi connectivity index (χ0) is 17.6. The molecule has 0 spiro atoms. The van der Waals surface area contributed by atoms with Crippen molar-refractivity contribution in [2.24, 2.45) is 0 Å². The normalized spacial score (nSPS) is 18.0. The molecular weight excluding hydrogens is 316 g/mol. The summed E-state index contributed by atoms with van der Waals surface area (Å²) in [5.41, 5.74) is 2.11. The second-order valence-electron chi connectivity index (χ2n) is 6.25. The number of likely N-dealkylation sites (N-methyl/N-ethyl adjacent to an activating group) is 1. The Hall–Kier alpha value is -2.60. The summed E-state index contributed by atoms with van der Waals surface area (Å²) >= 11 is 0. The summed E-state index contributed by atoms with van der Waals surface area (Å²) in [5, 5.41) is 3.01. The fourth-order valence-electron chi connectivity index (χ4n) is 3.04. The number of amides is 2. The summed E-state index contributed by atoms with van der Waals surface area (Å²) in [6.45, 7) is 2.87. The third-order valence-corrected chi connectivity index (χ3v) is 4.48. The second-order valence-corrected chi connectivity index (χ2v) is 6.25. The lowest BCUT2D eigenvalue weighted by atomic mass is 10.0. The van der Waals surface area contributed by atoms with Gasteiger partial charge in [0.1, 0.15) is 0 Å². The monoisotopic (exact) mass is 340 g/mol. The molecule has 0 aliphatic carbocycles. The number of carbonyl (C=O) groups is 1. The van der Waals surface area contributed by atoms with Crippen molar-refractivity contribution in [3.8, 4) is 5.88 Å². The van der Waals surface area contributed by atoms with Gasteiger partial charge in [0.25, 0.3) is 0 Å². The minimum Gasteiger partial charge on any atom is -0.481 e. The van der Waals surface area contributed by atoms with E-state index in [0.29, 0.717) is 19.0 Å². The maximum atomic E-state index is 12.7. The van der Waals surface area contributed by atoms with Gasteiger partial charge in [-0.15, -0.1) is 0 Å². The number of benzene rings is 1. The van der Waals surface area contributed by atoms with Crippen LogP contribution < -0.4 is 10.1 Å². The molecule has 1 aromatic carbocycles. The Morgan fingerprint density at radius 2 is 2.04 bits per heavy atom. The lowest BCUT2D eigenvalue weighted by Gasteiger charge is -2.40. The fourth-order valence-corrected chi connectivity index (χ4v) is 3.04. The lowest BCUT2D eigenvalue weighted by Crippen LogP contribution is -2.52. The first-order valence-electron chi connectivity index (χ1n) is 8.44. The number of urea groups is 1. The van der Waals surface area contributed by atoms with Crippen molar-refractivity contribution in [1.29, 1.82) is 0 Å². The van der Waals surface area contributed by atoms with Crippen LogP contribution in [0.5, 0.6) is 5.88 Å². The van der Waals surface area contributed by atoms with Crippen molar-refractivity contribution in [3.63, 3.8) is 0 Å². The van der Waals surface area contributed by atoms with Crippen LogP contribution in [0.2, 0.25) is 0 Å². The topological polar surface area (TPSA) is 57.7 Å². The van der Waals surface area contributed by atoms with E-state index in [0.717, 1.165) is 24.2 Å². The van der Waals surface area contributed by atoms with E-state index in [4.69, 9.17) is 4.74 Å². The zero-order valence-corrected chi connectivity index (χ0v) is 14.7. The summed E-state index contributed by atoms with van der Waals surface area (Å²) in [4.78, 5) is 21.1. The number of piperazine rings is 1. The highest BCUT2D eigenvalue weighted by Crippen LogP contribution is 2.24. The minimum atomic E-state index is -0.0437. The number of carbonyl (C=O) groups excluding carboxylic acids is 1. The number of nitrogens with zero attached hydrogens (tertiary/aromatic N) is 3. The molecule has 2 aromatic rings. The Balaban J connectivity index is 1.66. The van der Waals surface area contributed by atoms with E-state index < -0.39 is 0 Å². The van der Waals surface area contributed by atoms with Crippen LogP contribution in [0.3, 0.4) is 0 Å². The molecule has 1 aromatic heterocycles. The summed E-state index contributed by atoms with van der Waals surface area (Å²) in [6.07, 6.45) is 1.72. The molecule has 1 atom stereocenters. The van der Waals surface area contributed by atoms with Gasteiger partial charge in [-0.05, 0) is 18.2 Å². The third kappa shape index (κ3) is 4.28. The lowest BCUT2D eigenvalue weighted by molar-refractivity contribution is 0.108. The van der Waals surface area contributed by atoms with Crippen LogP contribution in [0.15, 0.2) is 48.7 Å². The van der Waals surface area contributed by atoms with Crippen molar-refractivity contribution >= 4 is 6.03 Å². The molecule has 1 aliphatic rings. The average molecular weight is 340 g/mol. The number of hydrogen-bond acceptors (Lipinski definition) is 4. The van der Waals surface area contributed by atoms with E-state index in [2.05, 4.69) is 34.4 Å². The van der Waals surface area contributed by atoms with Gasteiger partial charge >= 0.3 is 6.03 Å². The number of pyridine rings is 1. The van der Waals surface area contributed by atoms with Gasteiger partial charge in [0.15, 0.2) is 0 Å². The summed E-state index contributed by atoms with van der Waals surface area (Å²) in [5.74, 6) is 0.568. The number of nitrogens with one attached hydrogen (secondary N) is 1. The molecule has 6 nitrogen and oxygen atoms in total. The van der Waals surface area contributed by atoms with E-state index in [1.54, 1.807) is 19.4 Å². The molecule has 132 valence electrons. The molecule has 0 saturated carbocycles. The number of methoxy groups -OCH3 is 1. The van der Waals surface area contributed by atoms with Crippen molar-refractivity contribution in [3.05, 3.63) is 59.8 Å². The van der Waals surface area contributed by atoms with Crippen molar-refractivity contribution in [2.75, 3.05) is 33.8 Å². The molecule has 1 saturated heterocycles. The zero-order valence-electron chi connectivity index (χ0n) is 14.7. The van der Waals surface area contributed by atoms with E-state index in [9.17, 15) is 4.79 Å². The fraction of sp³-hybridized carbons (Fsp3) is 0.368. The second kappa shape index (κ2) is 7.98. The van der Waals surface area contributed by atoms with Gasteiger partial charge in [-0.25, -0.2) is 9.78 Å². The van der Waals surface area contributed by atoms with Crippen molar-refractivity contribution in [1.82, 2.24) is 20.1 Å². The molecule has 2 amide bonds. The smallest absolute Gasteiger partial charge is 0.318 e. The van der Waals surface area contributed by atoms with Gasteiger partial charge in [0.05, 0.1) is 13.2 Å². The van der Waals surface area contributed by atoms with Gasteiger partial charge in [-0.3, -0.25) is 0 Å². The van der Waals surface area contributed by atoms with E-state index in [1.807, 2.05) is 29.2 Å². The number of hydrogen-bond donors (Lipinski definition) is 1. The Labute approximate surface area is 148 Å². The predicted molar refractivity (Wildman–Crippen MR) is 96.4 cm³/mol. The van der Waals surface area contributed by atoms with Crippen LogP contribution in [0.4, 0.5) is 4.79 Å². The van der Waals surface area contributed by atoms with Crippen LogP contribution >= 0.6 is 0 Å². The molecule has 0 bridgehead atoms. The van der Waals surface area contributed by atoms with E-state index in [-0.39, 0.29) is 12.1 Å². The van der Waals surface area contributed by atoms with Crippen molar-refractivity contribution < 1.29 is 9.53 Å². The van der Waals surface area contributed by atoms with E-state index in [1.165, 1.54) is 0 Å². The molecule has 25 heavy (non-hydrogen) atoms. The Bertz CT molecular complexity index is 690. The molecule has 1 aliphatic heterocycles. The van der Waals surface area contributed by atoms with Gasteiger partial charge in [0, 0.05) is 38.4 Å². The molecule has 1 N–H and O–H groups in total. The quantitative estimate of drug-likeness (QED) is 0.928. The van der Waals surface area contributed by atoms with Gasteiger partial charge in [0.2, 0.25) is 5.88 Å². The average Bonchev–Trinajstić information content (AvgIpc) is 2.67. The Morgan fingerprint density at radius 1 is 1.24 bits per heavy atom. The van der Waals surface area contributed by atoms with Crippen LogP contribution in [0, 0.1) is 0 Å². The first-order valence-corrected chi connectivity index (χ1v) is 8.44. The van der Waals surface area contributed by atoms with Gasteiger partial charge < -0.3 is 19.9 Å². The summed E-state index contributed by atoms with van der Waals surface area (Å²) in [6, 6.07) is 13.9. The highest BCUT2D eigenvalue weighted by molar-refractivity contribution is 5.75. The predicted octanol–water partition coefficient (Wildman–Crippen LogP) is 2.29. The SMILES string of the molecule is COc1ccc(CNC(=O)N2CCN(C)C[C@H]2c2ccccc2)cn1. The number of rotatable bonds is 4. The number of ether oxygens (including phenoxy) is 1. The molecule has 0 radical (unpaired) electrons. The molecular formula is C19H24N4O2. The van der Waals surface area contributed by atoms with Crippen LogP contribution in [-0.2, 0) is 6.54 Å². The highest BCUT2D eigenvalue weighted by atomic mass is 16.5. The van der Waals surface area contributed by atoms with Crippen LogP contribution in [-0.4, -0.2) is 54.6 Å². The standard InChI is InChI=1S/C19H24N4O2/c1-22-10-11-23(17(14-22)16-6-4-3-5-7-16)19(24)21-13-15-8-9-18(25-2)20-12-15/h3-9,12,17H,10-11,13-14H2,1-2H3,(H,21,24)/t17-/m0/s1. The van der Waals surface area contributed by atoms with Gasteiger partial charge in [-0.1, -0.05) is 36.4 Å². The maximum absolute atomic E-state index is 12.7. The number of aromatic nitrogens is 1. The van der Waals surface area contributed by atoms with Crippen LogP contribution in [0.1, 0.15) is 17.2 Å².